The Morgan fingerprint density at radius 2 is 1.54 bits per heavy atom. The van der Waals surface area contributed by atoms with Crippen LogP contribution in [-0.4, -0.2) is 41.5 Å². The van der Waals surface area contributed by atoms with Gasteiger partial charge in [0, 0.05) is 50.3 Å². The molecule has 9 heteroatoms. The van der Waals surface area contributed by atoms with Crippen molar-refractivity contribution in [3.05, 3.63) is 95.4 Å². The van der Waals surface area contributed by atoms with Gasteiger partial charge in [-0.3, -0.25) is 9.20 Å². The molecule has 1 amide bonds. The third-order valence-electron chi connectivity index (χ3n) is 6.73. The molecular weight excluding hydrogens is 479 g/mol. The van der Waals surface area contributed by atoms with Gasteiger partial charge in [0.2, 0.25) is 0 Å². The standard InChI is InChI=1S/C28H28F3N5O/c1-2-24-26(36-13-12-21(28(29,30)31)18-25(36)33-24)27(37)32-19-20-8-10-23(11-9-20)35-16-14-34(15-17-35)22-6-4-3-5-7-22/h3-13,18H,2,14-17,19H2,1H3,(H,32,37). The van der Waals surface area contributed by atoms with Gasteiger partial charge < -0.3 is 15.1 Å². The van der Waals surface area contributed by atoms with Gasteiger partial charge in [-0.1, -0.05) is 37.3 Å². The lowest BCUT2D eigenvalue weighted by Gasteiger charge is -2.37. The summed E-state index contributed by atoms with van der Waals surface area (Å²) < 4.78 is 40.7. The quantitative estimate of drug-likeness (QED) is 0.391. The van der Waals surface area contributed by atoms with Crippen LogP contribution in [0.15, 0.2) is 72.9 Å². The number of nitrogens with zero attached hydrogens (tertiary/aromatic N) is 4. The van der Waals surface area contributed by atoms with Crippen molar-refractivity contribution in [2.45, 2.75) is 26.1 Å². The lowest BCUT2D eigenvalue weighted by Crippen LogP contribution is -2.46. The molecule has 0 radical (unpaired) electrons. The van der Waals surface area contributed by atoms with Gasteiger partial charge in [0.1, 0.15) is 11.3 Å². The van der Waals surface area contributed by atoms with Crippen LogP contribution in [0.4, 0.5) is 24.5 Å². The van der Waals surface area contributed by atoms with Crippen molar-refractivity contribution in [1.82, 2.24) is 14.7 Å². The highest BCUT2D eigenvalue weighted by Crippen LogP contribution is 2.30. The number of aromatic nitrogens is 2. The number of para-hydroxylation sites is 1. The van der Waals surface area contributed by atoms with Gasteiger partial charge in [0.05, 0.1) is 11.3 Å². The van der Waals surface area contributed by atoms with E-state index in [2.05, 4.69) is 56.5 Å². The van der Waals surface area contributed by atoms with Gasteiger partial charge in [0.25, 0.3) is 5.91 Å². The summed E-state index contributed by atoms with van der Waals surface area (Å²) in [4.78, 5) is 22.0. The van der Waals surface area contributed by atoms with Crippen LogP contribution in [-0.2, 0) is 19.1 Å². The molecule has 192 valence electrons. The zero-order valence-electron chi connectivity index (χ0n) is 20.5. The van der Waals surface area contributed by atoms with Gasteiger partial charge in [-0.2, -0.15) is 13.2 Å². The fourth-order valence-corrected chi connectivity index (χ4v) is 4.71. The minimum atomic E-state index is -4.47. The summed E-state index contributed by atoms with van der Waals surface area (Å²) >= 11 is 0. The number of rotatable bonds is 6. The number of carbonyl (C=O) groups excluding carboxylic acids is 1. The minimum absolute atomic E-state index is 0.105. The Labute approximate surface area is 213 Å². The molecule has 0 saturated carbocycles. The van der Waals surface area contributed by atoms with Crippen LogP contribution in [0.2, 0.25) is 0 Å². The Hall–Kier alpha value is -4.01. The number of aryl methyl sites for hydroxylation is 1. The Balaban J connectivity index is 1.22. The van der Waals surface area contributed by atoms with Gasteiger partial charge in [-0.15, -0.1) is 0 Å². The average Bonchev–Trinajstić information content (AvgIpc) is 3.30. The highest BCUT2D eigenvalue weighted by molar-refractivity contribution is 5.94. The van der Waals surface area contributed by atoms with Crippen molar-refractivity contribution >= 4 is 22.9 Å². The molecule has 1 saturated heterocycles. The van der Waals surface area contributed by atoms with Crippen molar-refractivity contribution in [2.24, 2.45) is 0 Å². The summed E-state index contributed by atoms with van der Waals surface area (Å²) in [6.07, 6.45) is -2.78. The van der Waals surface area contributed by atoms with E-state index >= 15 is 0 Å². The largest absolute Gasteiger partial charge is 0.416 e. The third kappa shape index (κ3) is 5.26. The number of fused-ring (bicyclic) bond motifs is 1. The maximum absolute atomic E-state index is 13.1. The Morgan fingerprint density at radius 1 is 0.919 bits per heavy atom. The number of imidazole rings is 1. The van der Waals surface area contributed by atoms with Crippen molar-refractivity contribution < 1.29 is 18.0 Å². The van der Waals surface area contributed by atoms with E-state index < -0.39 is 11.7 Å². The number of pyridine rings is 1. The van der Waals surface area contributed by atoms with Crippen LogP contribution in [0.1, 0.15) is 34.2 Å². The molecule has 4 aromatic rings. The minimum Gasteiger partial charge on any atom is -0.368 e. The second kappa shape index (κ2) is 10.2. The van der Waals surface area contributed by atoms with Gasteiger partial charge >= 0.3 is 6.18 Å². The average molecular weight is 508 g/mol. The molecule has 1 N–H and O–H groups in total. The van der Waals surface area contributed by atoms with E-state index in [9.17, 15) is 18.0 Å². The molecule has 37 heavy (non-hydrogen) atoms. The van der Waals surface area contributed by atoms with Crippen molar-refractivity contribution in [2.75, 3.05) is 36.0 Å². The molecule has 6 nitrogen and oxygen atoms in total. The van der Waals surface area contributed by atoms with Gasteiger partial charge in [0.15, 0.2) is 0 Å². The molecule has 0 spiro atoms. The summed E-state index contributed by atoms with van der Waals surface area (Å²) in [6.45, 7) is 5.88. The molecule has 0 bridgehead atoms. The number of carbonyl (C=O) groups is 1. The Morgan fingerprint density at radius 3 is 2.14 bits per heavy atom. The van der Waals surface area contributed by atoms with Gasteiger partial charge in [-0.25, -0.2) is 4.98 Å². The summed E-state index contributed by atoms with van der Waals surface area (Å²) in [5.41, 5.74) is 3.35. The first-order chi connectivity index (χ1) is 17.8. The van der Waals surface area contributed by atoms with Crippen molar-refractivity contribution in [1.29, 1.82) is 0 Å². The number of nitrogens with one attached hydrogen (secondary N) is 1. The maximum Gasteiger partial charge on any atom is 0.416 e. The monoisotopic (exact) mass is 507 g/mol. The summed E-state index contributed by atoms with van der Waals surface area (Å²) in [5, 5.41) is 2.89. The lowest BCUT2D eigenvalue weighted by molar-refractivity contribution is -0.137. The summed E-state index contributed by atoms with van der Waals surface area (Å²) in [5.74, 6) is -0.370. The third-order valence-corrected chi connectivity index (χ3v) is 6.73. The smallest absolute Gasteiger partial charge is 0.368 e. The first kappa shape index (κ1) is 24.7. The molecule has 1 fully saturated rings. The van der Waals surface area contributed by atoms with Crippen LogP contribution in [0.3, 0.4) is 0 Å². The number of anilines is 2. The molecule has 0 unspecified atom stereocenters. The maximum atomic E-state index is 13.1. The molecule has 5 rings (SSSR count). The molecule has 3 heterocycles. The van der Waals surface area contributed by atoms with E-state index in [0.717, 1.165) is 49.6 Å². The fourth-order valence-electron chi connectivity index (χ4n) is 4.71. The first-order valence-electron chi connectivity index (χ1n) is 12.3. The number of alkyl halides is 3. The van der Waals surface area contributed by atoms with Crippen LogP contribution in [0.25, 0.3) is 5.65 Å². The first-order valence-corrected chi connectivity index (χ1v) is 12.3. The molecule has 0 aliphatic carbocycles. The topological polar surface area (TPSA) is 52.9 Å². The van der Waals surface area contributed by atoms with Crippen LogP contribution < -0.4 is 15.1 Å². The number of hydrogen-bond donors (Lipinski definition) is 1. The number of halogens is 3. The number of amides is 1. The summed E-state index contributed by atoms with van der Waals surface area (Å²) in [7, 11) is 0. The van der Waals surface area contributed by atoms with Crippen molar-refractivity contribution in [3.8, 4) is 0 Å². The number of benzene rings is 2. The van der Waals surface area contributed by atoms with Crippen LogP contribution in [0, 0.1) is 0 Å². The second-order valence-electron chi connectivity index (χ2n) is 9.06. The SMILES string of the molecule is CCc1nc2cc(C(F)(F)F)ccn2c1C(=O)NCc1ccc(N2CCN(c3ccccc3)CC2)cc1. The van der Waals surface area contributed by atoms with Crippen LogP contribution >= 0.6 is 0 Å². The zero-order chi connectivity index (χ0) is 26.0. The lowest BCUT2D eigenvalue weighted by atomic mass is 10.1. The normalized spacial score (nSPS) is 14.3. The molecule has 2 aromatic heterocycles. The highest BCUT2D eigenvalue weighted by Gasteiger charge is 2.31. The Kier molecular flexibility index (Phi) is 6.78. The number of piperazine rings is 1. The predicted octanol–water partition coefficient (Wildman–Crippen LogP) is 5.17. The molecule has 2 aromatic carbocycles. The summed E-state index contributed by atoms with van der Waals surface area (Å²) in [6, 6.07) is 20.4. The fraction of sp³-hybridized carbons (Fsp3) is 0.286. The van der Waals surface area contributed by atoms with Crippen molar-refractivity contribution in [3.63, 3.8) is 0 Å². The second-order valence-corrected chi connectivity index (χ2v) is 9.06. The van der Waals surface area contributed by atoms with E-state index in [1.165, 1.54) is 16.3 Å². The van der Waals surface area contributed by atoms with E-state index in [-0.39, 0.29) is 17.2 Å². The van der Waals surface area contributed by atoms with E-state index in [4.69, 9.17) is 0 Å². The molecule has 1 aliphatic rings. The molecule has 0 atom stereocenters. The molecular formula is C28H28F3N5O. The van der Waals surface area contributed by atoms with Gasteiger partial charge in [-0.05, 0) is 48.4 Å². The zero-order valence-corrected chi connectivity index (χ0v) is 20.5. The van der Waals surface area contributed by atoms with E-state index in [1.807, 2.05) is 25.1 Å². The van der Waals surface area contributed by atoms with E-state index in [1.54, 1.807) is 0 Å². The van der Waals surface area contributed by atoms with Crippen LogP contribution in [0.5, 0.6) is 0 Å². The molecule has 1 aliphatic heterocycles. The Bertz CT molecular complexity index is 1370. The highest BCUT2D eigenvalue weighted by atomic mass is 19.4. The van der Waals surface area contributed by atoms with E-state index in [0.29, 0.717) is 18.7 Å². The number of hydrogen-bond acceptors (Lipinski definition) is 4. The predicted molar refractivity (Wildman–Crippen MR) is 138 cm³/mol.